The standard InChI is InChI=1S/C31H29Cl2N3O6S/c1-4-41-29-20-8-7-13-34-28(20)30(42-5-2)22-16-36(31(38)27(22)29)25-12-11-19(14-18(25)3)17-43(39,40)35-26(37)15-21-23(32)9-6-10-24(21)33/h6-14,16,34H,4-5,15,17H2,1-3H3,(H,35,37). The highest BCUT2D eigenvalue weighted by atomic mass is 35.5. The van der Waals surface area contributed by atoms with Crippen molar-refractivity contribution in [1.82, 2.24) is 14.3 Å². The van der Waals surface area contributed by atoms with Crippen LogP contribution in [0.15, 0.2) is 65.7 Å². The Kier molecular flexibility index (Phi) is 8.73. The van der Waals surface area contributed by atoms with Crippen LogP contribution in [0.3, 0.4) is 0 Å². The van der Waals surface area contributed by atoms with Gasteiger partial charge >= 0.3 is 0 Å². The molecule has 0 atom stereocenters. The number of benzene rings is 3. The zero-order valence-corrected chi connectivity index (χ0v) is 26.0. The van der Waals surface area contributed by atoms with Crippen LogP contribution in [0.5, 0.6) is 11.5 Å². The predicted molar refractivity (Wildman–Crippen MR) is 169 cm³/mol. The quantitative estimate of drug-likeness (QED) is 0.191. The molecule has 0 aliphatic carbocycles. The van der Waals surface area contributed by atoms with E-state index in [4.69, 9.17) is 32.7 Å². The number of hydrogen-bond acceptors (Lipinski definition) is 6. The zero-order chi connectivity index (χ0) is 30.9. The largest absolute Gasteiger partial charge is 0.492 e. The van der Waals surface area contributed by atoms with Gasteiger partial charge in [-0.3, -0.25) is 18.9 Å². The summed E-state index contributed by atoms with van der Waals surface area (Å²) >= 11 is 12.2. The Morgan fingerprint density at radius 2 is 1.67 bits per heavy atom. The predicted octanol–water partition coefficient (Wildman–Crippen LogP) is 6.07. The lowest BCUT2D eigenvalue weighted by Crippen LogP contribution is -2.33. The smallest absolute Gasteiger partial charge is 0.266 e. The summed E-state index contributed by atoms with van der Waals surface area (Å²) in [7, 11) is -4.04. The molecule has 2 heterocycles. The summed E-state index contributed by atoms with van der Waals surface area (Å²) in [6, 6.07) is 13.5. The van der Waals surface area contributed by atoms with E-state index in [1.807, 2.05) is 26.0 Å². The summed E-state index contributed by atoms with van der Waals surface area (Å²) in [6.07, 6.45) is 3.21. The van der Waals surface area contributed by atoms with Crippen LogP contribution in [0.1, 0.15) is 30.5 Å². The molecule has 9 nitrogen and oxygen atoms in total. The van der Waals surface area contributed by atoms with Crippen LogP contribution >= 0.6 is 23.2 Å². The summed E-state index contributed by atoms with van der Waals surface area (Å²) in [5.74, 6) is -0.191. The third kappa shape index (κ3) is 6.08. The van der Waals surface area contributed by atoms with E-state index < -0.39 is 21.7 Å². The van der Waals surface area contributed by atoms with Crippen LogP contribution in [0.4, 0.5) is 0 Å². The number of halogens is 2. The van der Waals surface area contributed by atoms with E-state index in [-0.39, 0.29) is 22.0 Å². The lowest BCUT2D eigenvalue weighted by molar-refractivity contribution is -0.118. The number of hydrogen-bond donors (Lipinski definition) is 2. The Hall–Kier alpha value is -3.99. The fourth-order valence-electron chi connectivity index (χ4n) is 5.13. The van der Waals surface area contributed by atoms with Crippen molar-refractivity contribution >= 4 is 60.8 Å². The van der Waals surface area contributed by atoms with Crippen molar-refractivity contribution < 1.29 is 22.7 Å². The van der Waals surface area contributed by atoms with Gasteiger partial charge in [0, 0.05) is 27.8 Å². The van der Waals surface area contributed by atoms with Crippen molar-refractivity contribution in [1.29, 1.82) is 0 Å². The number of amides is 1. The molecular formula is C31H29Cl2N3O6S. The van der Waals surface area contributed by atoms with Gasteiger partial charge in [-0.1, -0.05) is 41.4 Å². The van der Waals surface area contributed by atoms with E-state index in [2.05, 4.69) is 9.71 Å². The second-order valence-corrected chi connectivity index (χ2v) is 12.4. The van der Waals surface area contributed by atoms with E-state index >= 15 is 0 Å². The molecule has 0 bridgehead atoms. The topological polar surface area (TPSA) is 119 Å². The van der Waals surface area contributed by atoms with E-state index in [1.165, 1.54) is 4.57 Å². The number of carbonyl (C=O) groups excluding carboxylic acids is 1. The molecular weight excluding hydrogens is 613 g/mol. The first-order valence-electron chi connectivity index (χ1n) is 13.5. The molecule has 0 aliphatic heterocycles. The number of pyridine rings is 1. The van der Waals surface area contributed by atoms with Crippen molar-refractivity contribution in [2.75, 3.05) is 13.2 Å². The van der Waals surface area contributed by atoms with Gasteiger partial charge < -0.3 is 14.5 Å². The summed E-state index contributed by atoms with van der Waals surface area (Å²) in [5.41, 5.74) is 2.43. The van der Waals surface area contributed by atoms with Crippen LogP contribution in [0.2, 0.25) is 10.0 Å². The van der Waals surface area contributed by atoms with Gasteiger partial charge in [0.05, 0.1) is 47.4 Å². The molecule has 5 aromatic rings. The Bertz CT molecular complexity index is 2020. The lowest BCUT2D eigenvalue weighted by atomic mass is 10.1. The van der Waals surface area contributed by atoms with Crippen molar-refractivity contribution in [3.05, 3.63) is 98.0 Å². The fourth-order valence-corrected chi connectivity index (χ4v) is 6.78. The number of sulfonamides is 1. The Labute approximate surface area is 258 Å². The Balaban J connectivity index is 1.47. The maximum absolute atomic E-state index is 13.9. The minimum Gasteiger partial charge on any atom is -0.492 e. The average molecular weight is 643 g/mol. The number of fused-ring (bicyclic) bond motifs is 2. The summed E-state index contributed by atoms with van der Waals surface area (Å²) in [4.78, 5) is 29.6. The van der Waals surface area contributed by atoms with Gasteiger partial charge in [-0.05, 0) is 67.8 Å². The molecule has 0 aliphatic rings. The van der Waals surface area contributed by atoms with Crippen molar-refractivity contribution in [3.8, 4) is 17.2 Å². The number of ether oxygens (including phenoxy) is 2. The van der Waals surface area contributed by atoms with Gasteiger partial charge in [-0.2, -0.15) is 0 Å². The zero-order valence-electron chi connectivity index (χ0n) is 23.7. The second kappa shape index (κ2) is 12.3. The molecule has 12 heteroatoms. The van der Waals surface area contributed by atoms with E-state index in [9.17, 15) is 18.0 Å². The number of rotatable bonds is 10. The van der Waals surface area contributed by atoms with Gasteiger partial charge in [-0.15, -0.1) is 0 Å². The monoisotopic (exact) mass is 641 g/mol. The molecule has 0 saturated carbocycles. The highest BCUT2D eigenvalue weighted by Crippen LogP contribution is 2.41. The number of aromatic nitrogens is 2. The molecule has 0 radical (unpaired) electrons. The van der Waals surface area contributed by atoms with Gasteiger partial charge in [0.25, 0.3) is 5.56 Å². The normalized spacial score (nSPS) is 11.7. The van der Waals surface area contributed by atoms with Gasteiger partial charge in [-0.25, -0.2) is 8.42 Å². The second-order valence-electron chi connectivity index (χ2n) is 9.86. The number of aromatic amines is 1. The minimum absolute atomic E-state index is 0.273. The van der Waals surface area contributed by atoms with Crippen molar-refractivity contribution in [3.63, 3.8) is 0 Å². The molecule has 224 valence electrons. The van der Waals surface area contributed by atoms with Crippen LogP contribution < -0.4 is 19.8 Å². The first kappa shape index (κ1) is 30.5. The molecule has 0 spiro atoms. The third-order valence-electron chi connectivity index (χ3n) is 6.88. The van der Waals surface area contributed by atoms with Crippen LogP contribution in [-0.2, 0) is 27.0 Å². The molecule has 0 saturated heterocycles. The van der Waals surface area contributed by atoms with Crippen LogP contribution in [-0.4, -0.2) is 37.1 Å². The average Bonchev–Trinajstić information content (AvgIpc) is 3.28. The fraction of sp³-hybridized carbons (Fsp3) is 0.226. The number of aryl methyl sites for hydroxylation is 1. The maximum atomic E-state index is 13.9. The molecule has 2 N–H and O–H groups in total. The number of carbonyl (C=O) groups is 1. The number of nitrogens with zero attached hydrogens (tertiary/aromatic N) is 1. The molecule has 0 fully saturated rings. The van der Waals surface area contributed by atoms with E-state index in [1.54, 1.807) is 55.7 Å². The van der Waals surface area contributed by atoms with E-state index in [0.717, 1.165) is 5.39 Å². The molecule has 43 heavy (non-hydrogen) atoms. The highest BCUT2D eigenvalue weighted by molar-refractivity contribution is 7.89. The van der Waals surface area contributed by atoms with Gasteiger partial charge in [0.2, 0.25) is 15.9 Å². The molecule has 2 aromatic heterocycles. The van der Waals surface area contributed by atoms with Crippen LogP contribution in [0.25, 0.3) is 27.4 Å². The molecule has 3 aromatic carbocycles. The lowest BCUT2D eigenvalue weighted by Gasteiger charge is -2.13. The first-order chi connectivity index (χ1) is 20.5. The van der Waals surface area contributed by atoms with Crippen molar-refractivity contribution in [2.24, 2.45) is 0 Å². The Morgan fingerprint density at radius 3 is 2.35 bits per heavy atom. The van der Waals surface area contributed by atoms with Crippen LogP contribution in [0, 0.1) is 6.92 Å². The minimum atomic E-state index is -4.04. The SMILES string of the molecule is CCOc1c2cn(-c3ccc(CS(=O)(=O)NC(=O)Cc4c(Cl)cccc4Cl)cc3C)c(=O)c2c(OCC)c2ccc[nH]c12. The number of H-pyrrole nitrogens is 1. The Morgan fingerprint density at radius 1 is 0.977 bits per heavy atom. The maximum Gasteiger partial charge on any atom is 0.266 e. The summed E-state index contributed by atoms with van der Waals surface area (Å²) < 4.78 is 41.2. The molecule has 1 amide bonds. The first-order valence-corrected chi connectivity index (χ1v) is 16.0. The molecule has 0 unspecified atom stereocenters. The summed E-state index contributed by atoms with van der Waals surface area (Å²) in [6.45, 7) is 6.27. The third-order valence-corrected chi connectivity index (χ3v) is 8.84. The highest BCUT2D eigenvalue weighted by Gasteiger charge is 2.24. The van der Waals surface area contributed by atoms with Crippen molar-refractivity contribution in [2.45, 2.75) is 32.9 Å². The summed E-state index contributed by atoms with van der Waals surface area (Å²) in [5, 5.41) is 2.26. The van der Waals surface area contributed by atoms with Gasteiger partial charge in [0.1, 0.15) is 5.75 Å². The molecule has 5 rings (SSSR count). The van der Waals surface area contributed by atoms with Gasteiger partial charge in [0.15, 0.2) is 5.75 Å². The van der Waals surface area contributed by atoms with E-state index in [0.29, 0.717) is 63.4 Å². The number of nitrogens with one attached hydrogen (secondary N) is 2.